The molecule has 1 N–H and O–H groups in total. The first kappa shape index (κ1) is 18.5. The van der Waals surface area contributed by atoms with E-state index < -0.39 is 0 Å². The van der Waals surface area contributed by atoms with Crippen LogP contribution in [0.5, 0.6) is 0 Å². The van der Waals surface area contributed by atoms with Crippen LogP contribution in [0.15, 0.2) is 61.1 Å². The fourth-order valence-corrected chi connectivity index (χ4v) is 3.77. The van der Waals surface area contributed by atoms with E-state index >= 15 is 0 Å². The number of likely N-dealkylation sites (tertiary alicyclic amines) is 1. The molecule has 0 bridgehead atoms. The summed E-state index contributed by atoms with van der Waals surface area (Å²) < 4.78 is 3.74. The van der Waals surface area contributed by atoms with Gasteiger partial charge in [-0.05, 0) is 50.2 Å². The molecule has 2 aromatic heterocycles. The van der Waals surface area contributed by atoms with Crippen LogP contribution in [-0.4, -0.2) is 51.3 Å². The summed E-state index contributed by atoms with van der Waals surface area (Å²) >= 11 is 0. The third-order valence-corrected chi connectivity index (χ3v) is 5.25. The number of nitrogens with one attached hydrogen (secondary N) is 1. The fraction of sp³-hybridized carbons (Fsp3) is 0.364. The van der Waals surface area contributed by atoms with Crippen LogP contribution in [0, 0.1) is 0 Å². The molecule has 0 unspecified atom stereocenters. The van der Waals surface area contributed by atoms with Crippen molar-refractivity contribution in [3.8, 4) is 11.5 Å². The largest absolute Gasteiger partial charge is 0.351 e. The highest BCUT2D eigenvalue weighted by Gasteiger charge is 2.20. The minimum Gasteiger partial charge on any atom is -0.351 e. The maximum atomic E-state index is 12.9. The second kappa shape index (κ2) is 8.89. The van der Waals surface area contributed by atoms with E-state index in [0.717, 1.165) is 31.1 Å². The zero-order chi connectivity index (χ0) is 19.2. The van der Waals surface area contributed by atoms with E-state index in [9.17, 15) is 4.79 Å². The van der Waals surface area contributed by atoms with E-state index in [-0.39, 0.29) is 5.91 Å². The van der Waals surface area contributed by atoms with Gasteiger partial charge in [0.15, 0.2) is 5.82 Å². The molecule has 6 heteroatoms. The predicted molar refractivity (Wildman–Crippen MR) is 110 cm³/mol. The van der Waals surface area contributed by atoms with Gasteiger partial charge in [-0.3, -0.25) is 4.79 Å². The van der Waals surface area contributed by atoms with Gasteiger partial charge in [0, 0.05) is 25.5 Å². The molecule has 0 radical (unpaired) electrons. The first-order valence-corrected chi connectivity index (χ1v) is 10.1. The molecule has 3 aromatic rings. The molecule has 6 nitrogen and oxygen atoms in total. The van der Waals surface area contributed by atoms with Gasteiger partial charge >= 0.3 is 0 Å². The van der Waals surface area contributed by atoms with Crippen molar-refractivity contribution < 1.29 is 4.79 Å². The first-order valence-electron chi connectivity index (χ1n) is 10.1. The predicted octanol–water partition coefficient (Wildman–Crippen LogP) is 3.27. The Balaban J connectivity index is 1.50. The van der Waals surface area contributed by atoms with Gasteiger partial charge in [-0.1, -0.05) is 31.0 Å². The number of carbonyl (C=O) groups is 1. The van der Waals surface area contributed by atoms with E-state index in [1.54, 1.807) is 6.20 Å². The van der Waals surface area contributed by atoms with E-state index in [0.29, 0.717) is 12.1 Å². The Morgan fingerprint density at radius 3 is 2.39 bits per heavy atom. The van der Waals surface area contributed by atoms with Crippen molar-refractivity contribution in [1.29, 1.82) is 0 Å². The molecule has 3 heterocycles. The van der Waals surface area contributed by atoms with Crippen molar-refractivity contribution in [1.82, 2.24) is 24.6 Å². The zero-order valence-corrected chi connectivity index (χ0v) is 16.1. The van der Waals surface area contributed by atoms with Gasteiger partial charge in [0.1, 0.15) is 5.56 Å². The number of para-hydroxylation sites is 1. The van der Waals surface area contributed by atoms with Crippen LogP contribution in [0.25, 0.3) is 11.5 Å². The molecule has 1 aliphatic heterocycles. The SMILES string of the molecule is O=C(NCCN1CCCCCC1)c1cnn(-c2ccccc2)c1-n1cccc1. The summed E-state index contributed by atoms with van der Waals surface area (Å²) in [6, 6.07) is 13.8. The molecule has 1 aliphatic rings. The highest BCUT2D eigenvalue weighted by atomic mass is 16.1. The molecular weight excluding hydrogens is 350 g/mol. The Hall–Kier alpha value is -2.86. The number of carbonyl (C=O) groups excluding carboxylic acids is 1. The minimum absolute atomic E-state index is 0.0827. The first-order chi connectivity index (χ1) is 13.8. The molecule has 28 heavy (non-hydrogen) atoms. The number of nitrogens with zero attached hydrogens (tertiary/aromatic N) is 4. The standard InChI is InChI=1S/C22H27N5O/c28-21(23-12-17-25-13-6-1-2-7-14-25)20-18-24-27(19-10-4-3-5-11-19)22(20)26-15-8-9-16-26/h3-5,8-11,15-16,18H,1-2,6-7,12-14,17H2,(H,23,28). The van der Waals surface area contributed by atoms with Crippen LogP contribution in [0.3, 0.4) is 0 Å². The third-order valence-electron chi connectivity index (χ3n) is 5.25. The summed E-state index contributed by atoms with van der Waals surface area (Å²) in [5, 5.41) is 7.58. The van der Waals surface area contributed by atoms with Crippen LogP contribution in [-0.2, 0) is 0 Å². The fourth-order valence-electron chi connectivity index (χ4n) is 3.77. The summed E-state index contributed by atoms with van der Waals surface area (Å²) in [7, 11) is 0. The van der Waals surface area contributed by atoms with Crippen molar-refractivity contribution in [2.45, 2.75) is 25.7 Å². The average molecular weight is 377 g/mol. The highest BCUT2D eigenvalue weighted by Crippen LogP contribution is 2.19. The van der Waals surface area contributed by atoms with Crippen molar-refractivity contribution in [3.05, 3.63) is 66.6 Å². The van der Waals surface area contributed by atoms with Gasteiger partial charge in [0.2, 0.25) is 0 Å². The molecule has 0 spiro atoms. The molecule has 1 amide bonds. The lowest BCUT2D eigenvalue weighted by molar-refractivity contribution is 0.0948. The molecule has 1 aromatic carbocycles. The molecule has 0 aliphatic carbocycles. The molecule has 4 rings (SSSR count). The summed E-state index contributed by atoms with van der Waals surface area (Å²) in [6.45, 7) is 3.82. The van der Waals surface area contributed by atoms with Crippen molar-refractivity contribution in [2.75, 3.05) is 26.2 Å². The Bertz CT molecular complexity index is 877. The van der Waals surface area contributed by atoms with Gasteiger partial charge in [0.05, 0.1) is 11.9 Å². The quantitative estimate of drug-likeness (QED) is 0.717. The second-order valence-corrected chi connectivity index (χ2v) is 7.23. The third kappa shape index (κ3) is 4.17. The second-order valence-electron chi connectivity index (χ2n) is 7.23. The summed E-state index contributed by atoms with van der Waals surface area (Å²) in [4.78, 5) is 15.4. The normalized spacial score (nSPS) is 15.3. The molecule has 0 saturated carbocycles. The van der Waals surface area contributed by atoms with Gasteiger partial charge in [0.25, 0.3) is 5.91 Å². The highest BCUT2D eigenvalue weighted by molar-refractivity contribution is 5.97. The van der Waals surface area contributed by atoms with Gasteiger partial charge < -0.3 is 14.8 Å². The summed E-state index contributed by atoms with van der Waals surface area (Å²) in [5.74, 6) is 0.671. The summed E-state index contributed by atoms with van der Waals surface area (Å²) in [5.41, 5.74) is 1.51. The smallest absolute Gasteiger partial charge is 0.256 e. The average Bonchev–Trinajstić information content (AvgIpc) is 3.33. The number of aromatic nitrogens is 3. The van der Waals surface area contributed by atoms with E-state index in [1.807, 2.05) is 64.1 Å². The lowest BCUT2D eigenvalue weighted by Crippen LogP contribution is -2.35. The molecule has 1 fully saturated rings. The van der Waals surface area contributed by atoms with Gasteiger partial charge in [-0.2, -0.15) is 5.10 Å². The number of hydrogen-bond donors (Lipinski definition) is 1. The number of amides is 1. The number of benzene rings is 1. The van der Waals surface area contributed by atoms with Crippen LogP contribution in [0.1, 0.15) is 36.0 Å². The number of hydrogen-bond acceptors (Lipinski definition) is 3. The van der Waals surface area contributed by atoms with E-state index in [4.69, 9.17) is 0 Å². The Morgan fingerprint density at radius 1 is 0.964 bits per heavy atom. The number of rotatable bonds is 6. The van der Waals surface area contributed by atoms with Crippen molar-refractivity contribution >= 4 is 5.91 Å². The maximum Gasteiger partial charge on any atom is 0.256 e. The summed E-state index contributed by atoms with van der Waals surface area (Å²) in [6.07, 6.45) is 10.7. The maximum absolute atomic E-state index is 12.9. The van der Waals surface area contributed by atoms with Crippen LogP contribution >= 0.6 is 0 Å². The lowest BCUT2D eigenvalue weighted by Gasteiger charge is -2.19. The Kier molecular flexibility index (Phi) is 5.87. The Labute approximate surface area is 165 Å². The van der Waals surface area contributed by atoms with Crippen molar-refractivity contribution in [3.63, 3.8) is 0 Å². The minimum atomic E-state index is -0.0827. The van der Waals surface area contributed by atoms with Gasteiger partial charge in [-0.15, -0.1) is 0 Å². The zero-order valence-electron chi connectivity index (χ0n) is 16.1. The topological polar surface area (TPSA) is 55.1 Å². The van der Waals surface area contributed by atoms with Crippen LogP contribution < -0.4 is 5.32 Å². The van der Waals surface area contributed by atoms with E-state index in [1.165, 1.54) is 25.7 Å². The molecular formula is C22H27N5O. The van der Waals surface area contributed by atoms with Crippen LogP contribution in [0.2, 0.25) is 0 Å². The van der Waals surface area contributed by atoms with E-state index in [2.05, 4.69) is 15.3 Å². The lowest BCUT2D eigenvalue weighted by atomic mass is 10.2. The molecule has 0 atom stereocenters. The van der Waals surface area contributed by atoms with Gasteiger partial charge in [-0.25, -0.2) is 4.68 Å². The van der Waals surface area contributed by atoms with Crippen molar-refractivity contribution in [2.24, 2.45) is 0 Å². The molecule has 1 saturated heterocycles. The molecule has 146 valence electrons. The van der Waals surface area contributed by atoms with Crippen LogP contribution in [0.4, 0.5) is 0 Å². The Morgan fingerprint density at radius 2 is 1.68 bits per heavy atom. The monoisotopic (exact) mass is 377 g/mol.